The SMILES string of the molecule is CCCCC.COCCOCCN(C1CCNCC1)S(=O)(=O)c1cccc(C)c1. The Balaban J connectivity index is 0.000000749. The molecule has 168 valence electrons. The first-order chi connectivity index (χ1) is 14.0. The Morgan fingerprint density at radius 2 is 1.79 bits per heavy atom. The number of methoxy groups -OCH3 is 1. The molecule has 0 spiro atoms. The summed E-state index contributed by atoms with van der Waals surface area (Å²) in [6.45, 7) is 9.74. The highest BCUT2D eigenvalue weighted by Crippen LogP contribution is 2.23. The molecule has 1 aliphatic rings. The minimum atomic E-state index is -3.52. The van der Waals surface area contributed by atoms with Crippen molar-refractivity contribution < 1.29 is 17.9 Å². The molecule has 1 aliphatic heterocycles. The van der Waals surface area contributed by atoms with E-state index in [9.17, 15) is 8.42 Å². The van der Waals surface area contributed by atoms with E-state index >= 15 is 0 Å². The largest absolute Gasteiger partial charge is 0.382 e. The molecule has 0 aliphatic carbocycles. The Kier molecular flexibility index (Phi) is 13.4. The molecule has 29 heavy (non-hydrogen) atoms. The monoisotopic (exact) mass is 428 g/mol. The van der Waals surface area contributed by atoms with Gasteiger partial charge in [-0.05, 0) is 50.6 Å². The maximum Gasteiger partial charge on any atom is 0.243 e. The van der Waals surface area contributed by atoms with Crippen LogP contribution >= 0.6 is 0 Å². The maximum absolute atomic E-state index is 13.1. The van der Waals surface area contributed by atoms with Crippen LogP contribution in [0.25, 0.3) is 0 Å². The molecule has 1 saturated heterocycles. The molecule has 0 atom stereocenters. The Bertz CT molecular complexity index is 644. The number of hydrogen-bond donors (Lipinski definition) is 1. The first kappa shape index (κ1) is 26.0. The van der Waals surface area contributed by atoms with Gasteiger partial charge in [0.1, 0.15) is 0 Å². The molecule has 1 N–H and O–H groups in total. The highest BCUT2D eigenvalue weighted by atomic mass is 32.2. The van der Waals surface area contributed by atoms with Crippen LogP contribution in [-0.4, -0.2) is 65.3 Å². The van der Waals surface area contributed by atoms with Crippen LogP contribution in [0.5, 0.6) is 0 Å². The summed E-state index contributed by atoms with van der Waals surface area (Å²) in [5, 5.41) is 3.28. The molecule has 2 rings (SSSR count). The van der Waals surface area contributed by atoms with Crippen molar-refractivity contribution in [1.29, 1.82) is 0 Å². The van der Waals surface area contributed by atoms with Gasteiger partial charge in [0.25, 0.3) is 0 Å². The summed E-state index contributed by atoms with van der Waals surface area (Å²) in [5.41, 5.74) is 0.942. The third-order valence-electron chi connectivity index (χ3n) is 4.91. The quantitative estimate of drug-likeness (QED) is 0.546. The van der Waals surface area contributed by atoms with Crippen molar-refractivity contribution in [3.05, 3.63) is 29.8 Å². The van der Waals surface area contributed by atoms with Gasteiger partial charge in [-0.3, -0.25) is 0 Å². The van der Waals surface area contributed by atoms with Crippen LogP contribution in [0.15, 0.2) is 29.2 Å². The van der Waals surface area contributed by atoms with Crippen LogP contribution in [0.4, 0.5) is 0 Å². The number of ether oxygens (including phenoxy) is 2. The topological polar surface area (TPSA) is 67.9 Å². The van der Waals surface area contributed by atoms with Gasteiger partial charge >= 0.3 is 0 Å². The van der Waals surface area contributed by atoms with E-state index in [-0.39, 0.29) is 6.04 Å². The van der Waals surface area contributed by atoms with Crippen LogP contribution in [0.2, 0.25) is 0 Å². The standard InChI is InChI=1S/C17H28N2O4S.C5H12/c1-15-4-3-5-17(14-15)24(20,21)19(10-11-23-13-12-22-2)16-6-8-18-9-7-16;1-3-5-4-2/h3-5,14,16,18H,6-13H2,1-2H3;3-5H2,1-2H3. The number of hydrogen-bond acceptors (Lipinski definition) is 5. The van der Waals surface area contributed by atoms with Crippen LogP contribution in [0.3, 0.4) is 0 Å². The van der Waals surface area contributed by atoms with Crippen LogP contribution in [-0.2, 0) is 19.5 Å². The zero-order chi connectivity index (χ0) is 21.5. The molecule has 7 heteroatoms. The van der Waals surface area contributed by atoms with Gasteiger partial charge in [0.15, 0.2) is 0 Å². The lowest BCUT2D eigenvalue weighted by molar-refractivity contribution is 0.0613. The van der Waals surface area contributed by atoms with Gasteiger partial charge in [0.2, 0.25) is 10.0 Å². The normalized spacial score (nSPS) is 15.2. The van der Waals surface area contributed by atoms with Crippen LogP contribution in [0.1, 0.15) is 51.5 Å². The van der Waals surface area contributed by atoms with Crippen molar-refractivity contribution in [3.8, 4) is 0 Å². The molecule has 0 amide bonds. The summed E-state index contributed by atoms with van der Waals surface area (Å²) in [6.07, 6.45) is 5.72. The van der Waals surface area contributed by atoms with Crippen molar-refractivity contribution in [2.24, 2.45) is 0 Å². The average Bonchev–Trinajstić information content (AvgIpc) is 2.72. The van der Waals surface area contributed by atoms with Gasteiger partial charge in [0, 0.05) is 19.7 Å². The van der Waals surface area contributed by atoms with E-state index < -0.39 is 10.0 Å². The molecule has 0 radical (unpaired) electrons. The lowest BCUT2D eigenvalue weighted by Crippen LogP contribution is -2.47. The van der Waals surface area contributed by atoms with Crippen molar-refractivity contribution in [2.75, 3.05) is 46.6 Å². The summed E-state index contributed by atoms with van der Waals surface area (Å²) in [5.74, 6) is 0. The number of sulfonamides is 1. The third kappa shape index (κ3) is 9.57. The summed E-state index contributed by atoms with van der Waals surface area (Å²) in [4.78, 5) is 0.359. The Labute approximate surface area is 178 Å². The van der Waals surface area contributed by atoms with Gasteiger partial charge in [-0.1, -0.05) is 45.2 Å². The molecule has 1 aromatic carbocycles. The molecule has 1 fully saturated rings. The number of nitrogens with one attached hydrogen (secondary N) is 1. The maximum atomic E-state index is 13.1. The predicted octanol–water partition coefficient (Wildman–Crippen LogP) is 3.60. The molecule has 0 saturated carbocycles. The predicted molar refractivity (Wildman–Crippen MR) is 119 cm³/mol. The summed E-state index contributed by atoms with van der Waals surface area (Å²) in [7, 11) is -1.90. The van der Waals surface area contributed by atoms with Crippen molar-refractivity contribution in [1.82, 2.24) is 9.62 Å². The Morgan fingerprint density at radius 1 is 1.10 bits per heavy atom. The van der Waals surface area contributed by atoms with E-state index in [1.54, 1.807) is 29.6 Å². The molecule has 0 bridgehead atoms. The van der Waals surface area contributed by atoms with E-state index in [1.807, 2.05) is 13.0 Å². The van der Waals surface area contributed by atoms with Crippen molar-refractivity contribution in [3.63, 3.8) is 0 Å². The smallest absolute Gasteiger partial charge is 0.243 e. The van der Waals surface area contributed by atoms with E-state index in [2.05, 4.69) is 19.2 Å². The fourth-order valence-electron chi connectivity index (χ4n) is 3.26. The van der Waals surface area contributed by atoms with Crippen LogP contribution < -0.4 is 5.32 Å². The number of benzene rings is 1. The minimum absolute atomic E-state index is 0.0165. The molecular weight excluding hydrogens is 388 g/mol. The minimum Gasteiger partial charge on any atom is -0.382 e. The van der Waals surface area contributed by atoms with Crippen LogP contribution in [0, 0.1) is 6.92 Å². The third-order valence-corrected chi connectivity index (χ3v) is 6.85. The lowest BCUT2D eigenvalue weighted by atomic mass is 10.1. The molecule has 6 nitrogen and oxygen atoms in total. The second kappa shape index (κ2) is 14.9. The molecule has 0 aromatic heterocycles. The molecule has 1 heterocycles. The van der Waals surface area contributed by atoms with Crippen molar-refractivity contribution in [2.45, 2.75) is 63.8 Å². The number of unbranched alkanes of at least 4 members (excludes halogenated alkanes) is 2. The fourth-order valence-corrected chi connectivity index (χ4v) is 5.03. The van der Waals surface area contributed by atoms with Gasteiger partial charge in [-0.2, -0.15) is 4.31 Å². The first-order valence-electron chi connectivity index (χ1n) is 10.8. The zero-order valence-corrected chi connectivity index (χ0v) is 19.5. The Morgan fingerprint density at radius 3 is 2.34 bits per heavy atom. The second-order valence-corrected chi connectivity index (χ2v) is 9.26. The van der Waals surface area contributed by atoms with Gasteiger partial charge in [0.05, 0.1) is 24.7 Å². The van der Waals surface area contributed by atoms with Gasteiger partial charge < -0.3 is 14.8 Å². The van der Waals surface area contributed by atoms with E-state index in [0.717, 1.165) is 31.5 Å². The molecular formula is C22H40N2O4S. The highest BCUT2D eigenvalue weighted by Gasteiger charge is 2.32. The number of rotatable bonds is 11. The fraction of sp³-hybridized carbons (Fsp3) is 0.727. The summed E-state index contributed by atoms with van der Waals surface area (Å²) >= 11 is 0. The number of nitrogens with zero attached hydrogens (tertiary/aromatic N) is 1. The lowest BCUT2D eigenvalue weighted by Gasteiger charge is -2.33. The molecule has 1 aromatic rings. The second-order valence-electron chi connectivity index (χ2n) is 7.37. The number of aryl methyl sites for hydroxylation is 1. The first-order valence-corrected chi connectivity index (χ1v) is 12.3. The van der Waals surface area contributed by atoms with Crippen molar-refractivity contribution >= 4 is 10.0 Å². The van der Waals surface area contributed by atoms with Gasteiger partial charge in [-0.15, -0.1) is 0 Å². The van der Waals surface area contributed by atoms with E-state index in [1.165, 1.54) is 19.3 Å². The highest BCUT2D eigenvalue weighted by molar-refractivity contribution is 7.89. The zero-order valence-electron chi connectivity index (χ0n) is 18.7. The van der Waals surface area contributed by atoms with E-state index in [4.69, 9.17) is 9.47 Å². The summed E-state index contributed by atoms with van der Waals surface area (Å²) in [6, 6.07) is 7.11. The average molecular weight is 429 g/mol. The summed E-state index contributed by atoms with van der Waals surface area (Å²) < 4.78 is 38.3. The van der Waals surface area contributed by atoms with Gasteiger partial charge in [-0.25, -0.2) is 8.42 Å². The number of piperidine rings is 1. The van der Waals surface area contributed by atoms with E-state index in [0.29, 0.717) is 31.3 Å². The molecule has 0 unspecified atom stereocenters. The Hall–Kier alpha value is -0.990.